The van der Waals surface area contributed by atoms with Crippen molar-refractivity contribution >= 4 is 15.9 Å². The molecule has 2 atom stereocenters. The van der Waals surface area contributed by atoms with Crippen molar-refractivity contribution < 1.29 is 13.2 Å². The highest BCUT2D eigenvalue weighted by molar-refractivity contribution is 7.89. The van der Waals surface area contributed by atoms with Crippen LogP contribution in [0.1, 0.15) is 46.0 Å². The lowest BCUT2D eigenvalue weighted by Crippen LogP contribution is -2.53. The van der Waals surface area contributed by atoms with E-state index >= 15 is 0 Å². The Balaban J connectivity index is 1.50. The summed E-state index contributed by atoms with van der Waals surface area (Å²) in [5.41, 5.74) is 0. The predicted molar refractivity (Wildman–Crippen MR) is 106 cm³/mol. The number of nitrogens with zero attached hydrogens (tertiary/aromatic N) is 2. The molecule has 1 amide bonds. The van der Waals surface area contributed by atoms with E-state index in [9.17, 15) is 13.2 Å². The summed E-state index contributed by atoms with van der Waals surface area (Å²) in [6, 6.07) is 9.03. The smallest absolute Gasteiger partial charge is 0.240 e. The molecule has 2 fully saturated rings. The zero-order valence-electron chi connectivity index (χ0n) is 16.3. The monoisotopic (exact) mass is 393 g/mol. The summed E-state index contributed by atoms with van der Waals surface area (Å²) in [5, 5.41) is 0. The van der Waals surface area contributed by atoms with Crippen LogP contribution < -0.4 is 4.72 Å². The van der Waals surface area contributed by atoms with Crippen LogP contribution in [0.4, 0.5) is 0 Å². The van der Waals surface area contributed by atoms with Gasteiger partial charge in [-0.2, -0.15) is 0 Å². The number of carbonyl (C=O) groups excluding carboxylic acids is 1. The molecule has 0 aromatic heterocycles. The maximum absolute atomic E-state index is 12.8. The Labute approximate surface area is 163 Å². The summed E-state index contributed by atoms with van der Waals surface area (Å²) < 4.78 is 27.7. The Kier molecular flexibility index (Phi) is 6.55. The number of hydrogen-bond donors (Lipinski definition) is 1. The third-order valence-corrected chi connectivity index (χ3v) is 7.34. The van der Waals surface area contributed by atoms with Gasteiger partial charge in [-0.25, -0.2) is 13.1 Å². The highest BCUT2D eigenvalue weighted by Crippen LogP contribution is 2.23. The van der Waals surface area contributed by atoms with Crippen molar-refractivity contribution in [1.29, 1.82) is 0 Å². The first kappa shape index (κ1) is 20.3. The van der Waals surface area contributed by atoms with Gasteiger partial charge in [0.25, 0.3) is 0 Å². The Morgan fingerprint density at radius 1 is 1.04 bits per heavy atom. The number of hydrogen-bond acceptors (Lipinski definition) is 4. The SMILES string of the molecule is CC1CCCC(C)N1C(=O)CN1CCC(NS(=O)(=O)c2ccccc2)CC1. The fourth-order valence-corrected chi connectivity index (χ4v) is 5.61. The van der Waals surface area contributed by atoms with Crippen LogP contribution in [0.2, 0.25) is 0 Å². The molecule has 0 aliphatic carbocycles. The van der Waals surface area contributed by atoms with E-state index < -0.39 is 10.0 Å². The molecule has 7 heteroatoms. The van der Waals surface area contributed by atoms with E-state index in [0.29, 0.717) is 23.5 Å². The van der Waals surface area contributed by atoms with Gasteiger partial charge in [-0.3, -0.25) is 9.69 Å². The zero-order valence-corrected chi connectivity index (χ0v) is 17.1. The number of sulfonamides is 1. The van der Waals surface area contributed by atoms with E-state index in [2.05, 4.69) is 23.5 Å². The third kappa shape index (κ3) is 5.09. The summed E-state index contributed by atoms with van der Waals surface area (Å²) in [7, 11) is -3.48. The van der Waals surface area contributed by atoms with Gasteiger partial charge in [-0.05, 0) is 58.1 Å². The second-order valence-corrected chi connectivity index (χ2v) is 9.63. The van der Waals surface area contributed by atoms with Gasteiger partial charge in [0.2, 0.25) is 15.9 Å². The summed E-state index contributed by atoms with van der Waals surface area (Å²) in [4.78, 5) is 17.3. The molecule has 1 aromatic rings. The maximum Gasteiger partial charge on any atom is 0.240 e. The van der Waals surface area contributed by atoms with Gasteiger partial charge < -0.3 is 4.90 Å². The number of carbonyl (C=O) groups is 1. The van der Waals surface area contributed by atoms with E-state index in [0.717, 1.165) is 38.8 Å². The number of likely N-dealkylation sites (tertiary alicyclic amines) is 2. The predicted octanol–water partition coefficient (Wildman–Crippen LogP) is 2.22. The fourth-order valence-electron chi connectivity index (χ4n) is 4.28. The highest BCUT2D eigenvalue weighted by atomic mass is 32.2. The van der Waals surface area contributed by atoms with E-state index in [1.54, 1.807) is 30.3 Å². The quantitative estimate of drug-likeness (QED) is 0.833. The molecule has 2 saturated heterocycles. The Morgan fingerprint density at radius 2 is 1.63 bits per heavy atom. The summed E-state index contributed by atoms with van der Waals surface area (Å²) >= 11 is 0. The number of rotatable bonds is 5. The lowest BCUT2D eigenvalue weighted by atomic mass is 9.97. The second-order valence-electron chi connectivity index (χ2n) is 7.91. The molecule has 3 rings (SSSR count). The number of piperidine rings is 2. The van der Waals surface area contributed by atoms with Gasteiger partial charge in [0.1, 0.15) is 0 Å². The first-order valence-electron chi connectivity index (χ1n) is 9.97. The van der Waals surface area contributed by atoms with Gasteiger partial charge >= 0.3 is 0 Å². The molecular formula is C20H31N3O3S. The number of benzene rings is 1. The van der Waals surface area contributed by atoms with Crippen molar-refractivity contribution in [3.63, 3.8) is 0 Å². The molecule has 150 valence electrons. The van der Waals surface area contributed by atoms with Crippen LogP contribution in [-0.2, 0) is 14.8 Å². The lowest BCUT2D eigenvalue weighted by molar-refractivity contribution is -0.138. The molecule has 2 unspecified atom stereocenters. The second kappa shape index (κ2) is 8.71. The van der Waals surface area contributed by atoms with Crippen molar-refractivity contribution in [2.75, 3.05) is 19.6 Å². The van der Waals surface area contributed by atoms with Crippen molar-refractivity contribution in [1.82, 2.24) is 14.5 Å². The molecule has 0 radical (unpaired) electrons. The van der Waals surface area contributed by atoms with Crippen molar-refractivity contribution in [2.45, 2.75) is 69.0 Å². The van der Waals surface area contributed by atoms with E-state index in [1.807, 2.05) is 4.90 Å². The maximum atomic E-state index is 12.8. The first-order valence-corrected chi connectivity index (χ1v) is 11.5. The highest BCUT2D eigenvalue weighted by Gasteiger charge is 2.31. The normalized spacial score (nSPS) is 25.5. The van der Waals surface area contributed by atoms with Gasteiger partial charge in [0, 0.05) is 31.2 Å². The molecule has 0 saturated carbocycles. The lowest BCUT2D eigenvalue weighted by Gasteiger charge is -2.41. The molecule has 2 aliphatic heterocycles. The fraction of sp³-hybridized carbons (Fsp3) is 0.650. The van der Waals surface area contributed by atoms with Crippen LogP contribution in [0, 0.1) is 0 Å². The summed E-state index contributed by atoms with van der Waals surface area (Å²) in [5.74, 6) is 0.206. The molecule has 0 bridgehead atoms. The van der Waals surface area contributed by atoms with E-state index in [4.69, 9.17) is 0 Å². The van der Waals surface area contributed by atoms with Crippen molar-refractivity contribution in [3.8, 4) is 0 Å². The minimum Gasteiger partial charge on any atom is -0.336 e. The largest absolute Gasteiger partial charge is 0.336 e. The molecule has 0 spiro atoms. The Hall–Kier alpha value is -1.44. The number of amides is 1. The average Bonchev–Trinajstić information content (AvgIpc) is 2.64. The van der Waals surface area contributed by atoms with E-state index in [1.165, 1.54) is 6.42 Å². The van der Waals surface area contributed by atoms with Gasteiger partial charge in [-0.15, -0.1) is 0 Å². The standard InChI is InChI=1S/C20H31N3O3S/c1-16-7-6-8-17(2)23(16)20(24)15-22-13-11-18(12-14-22)21-27(25,26)19-9-4-3-5-10-19/h3-5,9-10,16-18,21H,6-8,11-15H2,1-2H3. The van der Waals surface area contributed by atoms with Crippen LogP contribution in [0.3, 0.4) is 0 Å². The van der Waals surface area contributed by atoms with Gasteiger partial charge in [0.05, 0.1) is 11.4 Å². The van der Waals surface area contributed by atoms with Gasteiger partial charge in [0.15, 0.2) is 0 Å². The zero-order chi connectivity index (χ0) is 19.4. The minimum absolute atomic E-state index is 0.0746. The van der Waals surface area contributed by atoms with Crippen LogP contribution in [-0.4, -0.2) is 61.9 Å². The molecule has 27 heavy (non-hydrogen) atoms. The van der Waals surface area contributed by atoms with Crippen LogP contribution >= 0.6 is 0 Å². The van der Waals surface area contributed by atoms with Gasteiger partial charge in [-0.1, -0.05) is 18.2 Å². The summed E-state index contributed by atoms with van der Waals surface area (Å²) in [6.45, 7) is 6.19. The number of nitrogens with one attached hydrogen (secondary N) is 1. The third-order valence-electron chi connectivity index (χ3n) is 5.80. The molecule has 1 aromatic carbocycles. The van der Waals surface area contributed by atoms with Crippen LogP contribution in [0.15, 0.2) is 35.2 Å². The van der Waals surface area contributed by atoms with Crippen molar-refractivity contribution in [2.24, 2.45) is 0 Å². The molecular weight excluding hydrogens is 362 g/mol. The van der Waals surface area contributed by atoms with Crippen molar-refractivity contribution in [3.05, 3.63) is 30.3 Å². The topological polar surface area (TPSA) is 69.7 Å². The van der Waals surface area contributed by atoms with E-state index in [-0.39, 0.29) is 11.9 Å². The molecule has 6 nitrogen and oxygen atoms in total. The van der Waals surface area contributed by atoms with Crippen LogP contribution in [0.25, 0.3) is 0 Å². The molecule has 2 heterocycles. The average molecular weight is 394 g/mol. The molecule has 1 N–H and O–H groups in total. The Morgan fingerprint density at radius 3 is 2.22 bits per heavy atom. The molecule has 2 aliphatic rings. The first-order chi connectivity index (χ1) is 12.9. The minimum atomic E-state index is -3.48. The Bertz CT molecular complexity index is 720. The summed E-state index contributed by atoms with van der Waals surface area (Å²) in [6.07, 6.45) is 4.81. The van der Waals surface area contributed by atoms with Crippen LogP contribution in [0.5, 0.6) is 0 Å².